The lowest BCUT2D eigenvalue weighted by Gasteiger charge is -2.20. The molecule has 2 aromatic rings. The fraction of sp³-hybridized carbons (Fsp3) is 0.350. The summed E-state index contributed by atoms with van der Waals surface area (Å²) < 4.78 is 0. The number of rotatable bonds is 3. The number of amides is 2. The van der Waals surface area contributed by atoms with Crippen LogP contribution in [0, 0.1) is 6.92 Å². The molecular formula is C20H24N2O. The van der Waals surface area contributed by atoms with E-state index >= 15 is 0 Å². The van der Waals surface area contributed by atoms with Gasteiger partial charge in [-0.05, 0) is 73.9 Å². The SMILES string of the molecule is Cc1cccc(NC(=O)NC(C)c2ccc3c(c2)CCCC3)c1. The number of urea groups is 1. The minimum Gasteiger partial charge on any atom is -0.331 e. The van der Waals surface area contributed by atoms with E-state index in [0.29, 0.717) is 0 Å². The van der Waals surface area contributed by atoms with E-state index in [0.717, 1.165) is 17.7 Å². The first-order valence-corrected chi connectivity index (χ1v) is 8.38. The van der Waals surface area contributed by atoms with Gasteiger partial charge in [0, 0.05) is 5.69 Å². The van der Waals surface area contributed by atoms with Crippen molar-refractivity contribution in [2.75, 3.05) is 5.32 Å². The van der Waals surface area contributed by atoms with E-state index < -0.39 is 0 Å². The molecule has 1 aliphatic carbocycles. The summed E-state index contributed by atoms with van der Waals surface area (Å²) in [7, 11) is 0. The molecule has 0 bridgehead atoms. The van der Waals surface area contributed by atoms with E-state index in [1.165, 1.54) is 36.0 Å². The van der Waals surface area contributed by atoms with Crippen LogP contribution in [0.4, 0.5) is 10.5 Å². The van der Waals surface area contributed by atoms with Gasteiger partial charge >= 0.3 is 6.03 Å². The Kier molecular flexibility index (Phi) is 4.65. The third-order valence-electron chi connectivity index (χ3n) is 4.50. The molecule has 120 valence electrons. The highest BCUT2D eigenvalue weighted by Crippen LogP contribution is 2.24. The molecule has 3 heteroatoms. The lowest BCUT2D eigenvalue weighted by atomic mass is 9.89. The van der Waals surface area contributed by atoms with Gasteiger partial charge in [-0.3, -0.25) is 0 Å². The van der Waals surface area contributed by atoms with Gasteiger partial charge in [-0.15, -0.1) is 0 Å². The molecule has 3 nitrogen and oxygen atoms in total. The fourth-order valence-electron chi connectivity index (χ4n) is 3.19. The molecule has 2 aromatic carbocycles. The van der Waals surface area contributed by atoms with Crippen molar-refractivity contribution in [1.29, 1.82) is 0 Å². The first kappa shape index (κ1) is 15.6. The Balaban J connectivity index is 1.64. The van der Waals surface area contributed by atoms with E-state index in [4.69, 9.17) is 0 Å². The number of carbonyl (C=O) groups excluding carboxylic acids is 1. The van der Waals surface area contributed by atoms with Crippen LogP contribution in [0.3, 0.4) is 0 Å². The number of anilines is 1. The van der Waals surface area contributed by atoms with E-state index in [9.17, 15) is 4.79 Å². The van der Waals surface area contributed by atoms with E-state index in [2.05, 4.69) is 28.8 Å². The average Bonchev–Trinajstić information content (AvgIpc) is 2.54. The van der Waals surface area contributed by atoms with Crippen molar-refractivity contribution in [3.63, 3.8) is 0 Å². The van der Waals surface area contributed by atoms with Crippen LogP contribution >= 0.6 is 0 Å². The molecule has 1 aliphatic rings. The summed E-state index contributed by atoms with van der Waals surface area (Å²) in [6.07, 6.45) is 4.90. The Labute approximate surface area is 138 Å². The largest absolute Gasteiger partial charge is 0.331 e. The number of benzene rings is 2. The number of fused-ring (bicyclic) bond motifs is 1. The Bertz CT molecular complexity index is 709. The van der Waals surface area contributed by atoms with Crippen LogP contribution < -0.4 is 10.6 Å². The van der Waals surface area contributed by atoms with Crippen molar-refractivity contribution >= 4 is 11.7 Å². The van der Waals surface area contributed by atoms with Crippen LogP contribution in [0.2, 0.25) is 0 Å². The molecule has 1 atom stereocenters. The van der Waals surface area contributed by atoms with Gasteiger partial charge in [0.2, 0.25) is 0 Å². The highest BCUT2D eigenvalue weighted by molar-refractivity contribution is 5.89. The minimum atomic E-state index is -0.166. The molecule has 0 saturated carbocycles. The minimum absolute atomic E-state index is 0.00737. The molecule has 0 radical (unpaired) electrons. The lowest BCUT2D eigenvalue weighted by molar-refractivity contribution is 0.249. The third-order valence-corrected chi connectivity index (χ3v) is 4.50. The summed E-state index contributed by atoms with van der Waals surface area (Å²) in [6, 6.07) is 14.3. The van der Waals surface area contributed by atoms with Gasteiger partial charge in [-0.25, -0.2) is 4.79 Å². The van der Waals surface area contributed by atoms with E-state index in [1.54, 1.807) is 0 Å². The van der Waals surface area contributed by atoms with Crippen molar-refractivity contribution in [2.45, 2.75) is 45.6 Å². The van der Waals surface area contributed by atoms with Crippen molar-refractivity contribution in [1.82, 2.24) is 5.32 Å². The first-order valence-electron chi connectivity index (χ1n) is 8.38. The zero-order valence-corrected chi connectivity index (χ0v) is 13.9. The molecule has 0 fully saturated rings. The highest BCUT2D eigenvalue weighted by Gasteiger charge is 2.14. The number of hydrogen-bond acceptors (Lipinski definition) is 1. The zero-order chi connectivity index (χ0) is 16.2. The molecular weight excluding hydrogens is 284 g/mol. The lowest BCUT2D eigenvalue weighted by Crippen LogP contribution is -2.31. The molecule has 2 N–H and O–H groups in total. The predicted octanol–water partition coefficient (Wildman–Crippen LogP) is 4.76. The smallest absolute Gasteiger partial charge is 0.319 e. The molecule has 0 aliphatic heterocycles. The van der Waals surface area contributed by atoms with Gasteiger partial charge in [-0.1, -0.05) is 30.3 Å². The molecule has 0 spiro atoms. The van der Waals surface area contributed by atoms with Crippen LogP contribution in [0.25, 0.3) is 0 Å². The maximum atomic E-state index is 12.2. The third kappa shape index (κ3) is 3.92. The van der Waals surface area contributed by atoms with Crippen molar-refractivity contribution in [2.24, 2.45) is 0 Å². The Hall–Kier alpha value is -2.29. The van der Waals surface area contributed by atoms with Crippen molar-refractivity contribution in [3.8, 4) is 0 Å². The second-order valence-electron chi connectivity index (χ2n) is 6.42. The Morgan fingerprint density at radius 1 is 1.04 bits per heavy atom. The number of aryl methyl sites for hydroxylation is 3. The Morgan fingerprint density at radius 2 is 1.83 bits per heavy atom. The molecule has 23 heavy (non-hydrogen) atoms. The summed E-state index contributed by atoms with van der Waals surface area (Å²) in [5.74, 6) is 0. The second-order valence-corrected chi connectivity index (χ2v) is 6.42. The zero-order valence-electron chi connectivity index (χ0n) is 13.9. The van der Waals surface area contributed by atoms with Gasteiger partial charge in [0.15, 0.2) is 0 Å². The highest BCUT2D eigenvalue weighted by atomic mass is 16.2. The van der Waals surface area contributed by atoms with Gasteiger partial charge in [0.25, 0.3) is 0 Å². The van der Waals surface area contributed by atoms with Crippen LogP contribution in [0.5, 0.6) is 0 Å². The summed E-state index contributed by atoms with van der Waals surface area (Å²) in [5, 5.41) is 5.92. The standard InChI is InChI=1S/C20H24N2O/c1-14-6-5-9-19(12-14)22-20(23)21-15(2)17-11-10-16-7-3-4-8-18(16)13-17/h5-6,9-13,15H,3-4,7-8H2,1-2H3,(H2,21,22,23). The molecule has 3 rings (SSSR count). The summed E-state index contributed by atoms with van der Waals surface area (Å²) in [6.45, 7) is 4.04. The predicted molar refractivity (Wildman–Crippen MR) is 94.8 cm³/mol. The van der Waals surface area contributed by atoms with Crippen molar-refractivity contribution < 1.29 is 4.79 Å². The molecule has 0 saturated heterocycles. The average molecular weight is 308 g/mol. The first-order chi connectivity index (χ1) is 11.1. The van der Waals surface area contributed by atoms with E-state index in [1.807, 2.05) is 38.1 Å². The number of hydrogen-bond donors (Lipinski definition) is 2. The second kappa shape index (κ2) is 6.86. The monoisotopic (exact) mass is 308 g/mol. The molecule has 0 aromatic heterocycles. The van der Waals surface area contributed by atoms with Gasteiger partial charge < -0.3 is 10.6 Å². The molecule has 1 unspecified atom stereocenters. The van der Waals surface area contributed by atoms with Crippen LogP contribution in [-0.4, -0.2) is 6.03 Å². The number of carbonyl (C=O) groups is 1. The normalized spacial score (nSPS) is 14.7. The van der Waals surface area contributed by atoms with Crippen LogP contribution in [-0.2, 0) is 12.8 Å². The quantitative estimate of drug-likeness (QED) is 0.843. The molecule has 0 heterocycles. The fourth-order valence-corrected chi connectivity index (χ4v) is 3.19. The van der Waals surface area contributed by atoms with Crippen LogP contribution in [0.15, 0.2) is 42.5 Å². The van der Waals surface area contributed by atoms with E-state index in [-0.39, 0.29) is 12.1 Å². The maximum Gasteiger partial charge on any atom is 0.319 e. The summed E-state index contributed by atoms with van der Waals surface area (Å²) >= 11 is 0. The topological polar surface area (TPSA) is 41.1 Å². The summed E-state index contributed by atoms with van der Waals surface area (Å²) in [4.78, 5) is 12.2. The van der Waals surface area contributed by atoms with Crippen LogP contribution in [0.1, 0.15) is 48.1 Å². The van der Waals surface area contributed by atoms with Gasteiger partial charge in [0.1, 0.15) is 0 Å². The number of nitrogens with one attached hydrogen (secondary N) is 2. The van der Waals surface area contributed by atoms with Crippen molar-refractivity contribution in [3.05, 3.63) is 64.7 Å². The maximum absolute atomic E-state index is 12.2. The van der Waals surface area contributed by atoms with Gasteiger partial charge in [0.05, 0.1) is 6.04 Å². The Morgan fingerprint density at radius 3 is 2.61 bits per heavy atom. The summed E-state index contributed by atoms with van der Waals surface area (Å²) in [5.41, 5.74) is 6.04. The molecule has 2 amide bonds. The van der Waals surface area contributed by atoms with Gasteiger partial charge in [-0.2, -0.15) is 0 Å².